The predicted molar refractivity (Wildman–Crippen MR) is 84.0 cm³/mol. The van der Waals surface area contributed by atoms with Gasteiger partial charge in [0.2, 0.25) is 0 Å². The van der Waals surface area contributed by atoms with Gasteiger partial charge in [0.25, 0.3) is 0 Å². The topological polar surface area (TPSA) is 68.0 Å². The van der Waals surface area contributed by atoms with Crippen molar-refractivity contribution in [1.29, 1.82) is 5.26 Å². The third kappa shape index (κ3) is 4.05. The largest absolute Gasteiger partial charge is 0.489 e. The van der Waals surface area contributed by atoms with Crippen LogP contribution in [-0.2, 0) is 6.61 Å². The van der Waals surface area contributed by atoms with Crippen LogP contribution in [0.5, 0.6) is 17.5 Å². The average molecular weight is 303 g/mol. The molecule has 5 nitrogen and oxygen atoms in total. The molecule has 112 valence electrons. The van der Waals surface area contributed by atoms with Crippen LogP contribution in [0.4, 0.5) is 0 Å². The first-order valence-electron chi connectivity index (χ1n) is 7.00. The van der Waals surface area contributed by atoms with E-state index in [1.165, 1.54) is 0 Å². The lowest BCUT2D eigenvalue weighted by Crippen LogP contribution is -1.96. The molecule has 2 aromatic carbocycles. The highest BCUT2D eigenvalue weighted by Gasteiger charge is 2.02. The molecule has 0 atom stereocenters. The molecular formula is C18H13N3O2. The van der Waals surface area contributed by atoms with E-state index in [0.29, 0.717) is 23.7 Å². The maximum Gasteiger partial charge on any atom is 0.321 e. The third-order valence-electron chi connectivity index (χ3n) is 3.05. The fourth-order valence-electron chi connectivity index (χ4n) is 1.91. The average Bonchev–Trinajstić information content (AvgIpc) is 2.62. The molecule has 23 heavy (non-hydrogen) atoms. The maximum atomic E-state index is 8.78. The van der Waals surface area contributed by atoms with E-state index in [2.05, 4.69) is 16.0 Å². The first-order valence-corrected chi connectivity index (χ1v) is 7.00. The number of hydrogen-bond acceptors (Lipinski definition) is 5. The number of nitriles is 1. The van der Waals surface area contributed by atoms with E-state index in [1.807, 2.05) is 30.3 Å². The molecule has 1 heterocycles. The second-order valence-corrected chi connectivity index (χ2v) is 4.71. The van der Waals surface area contributed by atoms with Crippen molar-refractivity contribution in [1.82, 2.24) is 9.97 Å². The van der Waals surface area contributed by atoms with Gasteiger partial charge in [0.1, 0.15) is 18.1 Å². The van der Waals surface area contributed by atoms with Gasteiger partial charge >= 0.3 is 6.01 Å². The standard InChI is InChI=1S/C18H13N3O2/c19-12-14-5-7-15(8-6-14)13-22-16-3-1-4-17(11-16)23-18-20-9-2-10-21-18/h1-11H,13H2. The van der Waals surface area contributed by atoms with Crippen molar-refractivity contribution in [3.63, 3.8) is 0 Å². The number of aromatic nitrogens is 2. The molecular weight excluding hydrogens is 290 g/mol. The number of rotatable bonds is 5. The highest BCUT2D eigenvalue weighted by Crippen LogP contribution is 2.23. The van der Waals surface area contributed by atoms with Crippen molar-refractivity contribution >= 4 is 0 Å². The van der Waals surface area contributed by atoms with Crippen LogP contribution in [0.25, 0.3) is 0 Å². The zero-order chi connectivity index (χ0) is 15.9. The van der Waals surface area contributed by atoms with Crippen LogP contribution in [0.2, 0.25) is 0 Å². The van der Waals surface area contributed by atoms with E-state index >= 15 is 0 Å². The minimum absolute atomic E-state index is 0.289. The van der Waals surface area contributed by atoms with Gasteiger partial charge in [-0.1, -0.05) is 18.2 Å². The molecule has 0 aliphatic rings. The molecule has 0 spiro atoms. The molecule has 3 aromatic rings. The number of ether oxygens (including phenoxy) is 2. The van der Waals surface area contributed by atoms with E-state index in [1.54, 1.807) is 36.7 Å². The van der Waals surface area contributed by atoms with Gasteiger partial charge in [0.15, 0.2) is 0 Å². The van der Waals surface area contributed by atoms with Gasteiger partial charge in [-0.25, -0.2) is 9.97 Å². The van der Waals surface area contributed by atoms with Crippen LogP contribution in [-0.4, -0.2) is 9.97 Å². The first kappa shape index (κ1) is 14.5. The van der Waals surface area contributed by atoms with Crippen molar-refractivity contribution in [3.8, 4) is 23.6 Å². The minimum Gasteiger partial charge on any atom is -0.489 e. The summed E-state index contributed by atoms with van der Waals surface area (Å²) in [6, 6.07) is 18.7. The first-order chi connectivity index (χ1) is 11.3. The molecule has 0 unspecified atom stereocenters. The van der Waals surface area contributed by atoms with Crippen LogP contribution in [0.15, 0.2) is 67.0 Å². The summed E-state index contributed by atoms with van der Waals surface area (Å²) in [5.74, 6) is 1.29. The Morgan fingerprint density at radius 1 is 0.913 bits per heavy atom. The summed E-state index contributed by atoms with van der Waals surface area (Å²) in [7, 11) is 0. The second-order valence-electron chi connectivity index (χ2n) is 4.71. The summed E-state index contributed by atoms with van der Waals surface area (Å²) in [6.07, 6.45) is 3.24. The van der Waals surface area contributed by atoms with Crippen LogP contribution in [0.1, 0.15) is 11.1 Å². The van der Waals surface area contributed by atoms with Crippen molar-refractivity contribution in [3.05, 3.63) is 78.1 Å². The molecule has 0 aliphatic carbocycles. The summed E-state index contributed by atoms with van der Waals surface area (Å²) < 4.78 is 11.3. The normalized spacial score (nSPS) is 9.87. The molecule has 3 rings (SSSR count). The lowest BCUT2D eigenvalue weighted by molar-refractivity contribution is 0.304. The van der Waals surface area contributed by atoms with Crippen LogP contribution >= 0.6 is 0 Å². The molecule has 0 saturated carbocycles. The van der Waals surface area contributed by atoms with Crippen molar-refractivity contribution in [2.45, 2.75) is 6.61 Å². The fourth-order valence-corrected chi connectivity index (χ4v) is 1.91. The molecule has 0 N–H and O–H groups in total. The Morgan fingerprint density at radius 2 is 1.65 bits per heavy atom. The van der Waals surface area contributed by atoms with Gasteiger partial charge < -0.3 is 9.47 Å². The summed E-state index contributed by atoms with van der Waals surface area (Å²) in [4.78, 5) is 8.03. The van der Waals surface area contributed by atoms with Crippen LogP contribution < -0.4 is 9.47 Å². The predicted octanol–water partition coefficient (Wildman–Crippen LogP) is 3.72. The van der Waals surface area contributed by atoms with Gasteiger partial charge in [-0.3, -0.25) is 0 Å². The highest BCUT2D eigenvalue weighted by atomic mass is 16.5. The van der Waals surface area contributed by atoms with E-state index in [0.717, 1.165) is 5.56 Å². The van der Waals surface area contributed by atoms with Crippen molar-refractivity contribution < 1.29 is 9.47 Å². The van der Waals surface area contributed by atoms with Crippen molar-refractivity contribution in [2.24, 2.45) is 0 Å². The molecule has 0 radical (unpaired) electrons. The Kier molecular flexibility index (Phi) is 4.46. The Balaban J connectivity index is 1.64. The van der Waals surface area contributed by atoms with Gasteiger partial charge in [-0.05, 0) is 35.9 Å². The van der Waals surface area contributed by atoms with E-state index in [-0.39, 0.29) is 6.01 Å². The summed E-state index contributed by atoms with van der Waals surface area (Å²) in [6.45, 7) is 0.414. The molecule has 0 aliphatic heterocycles. The Bertz CT molecular complexity index is 812. The number of benzene rings is 2. The lowest BCUT2D eigenvalue weighted by atomic mass is 10.2. The zero-order valence-electron chi connectivity index (χ0n) is 12.2. The maximum absolute atomic E-state index is 8.78. The van der Waals surface area contributed by atoms with Crippen molar-refractivity contribution in [2.75, 3.05) is 0 Å². The van der Waals surface area contributed by atoms with E-state index in [9.17, 15) is 0 Å². The SMILES string of the molecule is N#Cc1ccc(COc2cccc(Oc3ncccn3)c2)cc1. The Hall–Kier alpha value is -3.39. The van der Waals surface area contributed by atoms with Gasteiger partial charge in [-0.2, -0.15) is 5.26 Å². The fraction of sp³-hybridized carbons (Fsp3) is 0.0556. The second kappa shape index (κ2) is 7.05. The Labute approximate surface area is 133 Å². The summed E-state index contributed by atoms with van der Waals surface area (Å²) >= 11 is 0. The van der Waals surface area contributed by atoms with Gasteiger partial charge in [-0.15, -0.1) is 0 Å². The molecule has 0 fully saturated rings. The number of hydrogen-bond donors (Lipinski definition) is 0. The third-order valence-corrected chi connectivity index (χ3v) is 3.05. The van der Waals surface area contributed by atoms with Gasteiger partial charge in [0.05, 0.1) is 11.6 Å². The smallest absolute Gasteiger partial charge is 0.321 e. The van der Waals surface area contributed by atoms with Crippen LogP contribution in [0, 0.1) is 11.3 Å². The molecule has 5 heteroatoms. The molecule has 1 aromatic heterocycles. The molecule has 0 bridgehead atoms. The van der Waals surface area contributed by atoms with E-state index in [4.69, 9.17) is 14.7 Å². The van der Waals surface area contributed by atoms with Crippen LogP contribution in [0.3, 0.4) is 0 Å². The lowest BCUT2D eigenvalue weighted by Gasteiger charge is -2.08. The Morgan fingerprint density at radius 3 is 2.39 bits per heavy atom. The quantitative estimate of drug-likeness (QED) is 0.718. The number of nitrogens with zero attached hydrogens (tertiary/aromatic N) is 3. The highest BCUT2D eigenvalue weighted by molar-refractivity contribution is 5.35. The minimum atomic E-state index is 0.289. The molecule has 0 amide bonds. The summed E-state index contributed by atoms with van der Waals surface area (Å²) in [5.41, 5.74) is 1.62. The summed E-state index contributed by atoms with van der Waals surface area (Å²) in [5, 5.41) is 8.78. The molecule has 0 saturated heterocycles. The zero-order valence-corrected chi connectivity index (χ0v) is 12.2. The van der Waals surface area contributed by atoms with E-state index < -0.39 is 0 Å². The monoisotopic (exact) mass is 303 g/mol. The van der Waals surface area contributed by atoms with Gasteiger partial charge in [0, 0.05) is 18.5 Å².